The van der Waals surface area contributed by atoms with Gasteiger partial charge >= 0.3 is 6.09 Å². The van der Waals surface area contributed by atoms with Gasteiger partial charge in [-0.25, -0.2) is 18.6 Å². The third kappa shape index (κ3) is 4.80. The molecule has 37 heavy (non-hydrogen) atoms. The fourth-order valence-electron chi connectivity index (χ4n) is 4.73. The first-order valence-electron chi connectivity index (χ1n) is 12.0. The highest BCUT2D eigenvalue weighted by molar-refractivity contribution is 5.84. The molecule has 198 valence electrons. The number of rotatable bonds is 6. The second kappa shape index (κ2) is 10.3. The minimum absolute atomic E-state index is 0.00436. The molecule has 2 saturated heterocycles. The number of amides is 1. The standard InChI is InChI=1S/C23H28F2N8O4/c1-30(14-5-4-8-32(13-14)23(34)35)20-27-21(31-9-11-37-12-10-31)29-22(28-20)33-15-6-3-7-16(36-2)17(15)26-19(33)18(24)25/h3,6-7,14,18H,4-5,8-13H2,1-2H3,(H,34,35)/t14-/m0/s1. The molecule has 2 fully saturated rings. The van der Waals surface area contributed by atoms with Crippen molar-refractivity contribution in [3.63, 3.8) is 0 Å². The van der Waals surface area contributed by atoms with Crippen LogP contribution in [0.3, 0.4) is 0 Å². The summed E-state index contributed by atoms with van der Waals surface area (Å²) in [6.07, 6.45) is -2.45. The lowest BCUT2D eigenvalue weighted by atomic mass is 10.1. The Kier molecular flexibility index (Phi) is 6.91. The Balaban J connectivity index is 1.64. The fourth-order valence-corrected chi connectivity index (χ4v) is 4.73. The predicted octanol–water partition coefficient (Wildman–Crippen LogP) is 2.57. The Morgan fingerprint density at radius 3 is 2.62 bits per heavy atom. The van der Waals surface area contributed by atoms with E-state index in [1.54, 1.807) is 30.1 Å². The average molecular weight is 519 g/mol. The summed E-state index contributed by atoms with van der Waals surface area (Å²) in [5.41, 5.74) is 0.644. The van der Waals surface area contributed by atoms with E-state index in [-0.39, 0.29) is 30.0 Å². The number of hydrogen-bond donors (Lipinski definition) is 1. The van der Waals surface area contributed by atoms with E-state index < -0.39 is 18.3 Å². The van der Waals surface area contributed by atoms with Crippen molar-refractivity contribution in [3.8, 4) is 11.7 Å². The van der Waals surface area contributed by atoms with Gasteiger partial charge < -0.3 is 29.3 Å². The zero-order valence-corrected chi connectivity index (χ0v) is 20.5. The van der Waals surface area contributed by atoms with Gasteiger partial charge in [-0.3, -0.25) is 4.57 Å². The maximum atomic E-state index is 14.2. The van der Waals surface area contributed by atoms with Crippen molar-refractivity contribution >= 4 is 29.0 Å². The van der Waals surface area contributed by atoms with Gasteiger partial charge in [0.05, 0.1) is 25.8 Å². The highest BCUT2D eigenvalue weighted by Gasteiger charge is 2.30. The van der Waals surface area contributed by atoms with Gasteiger partial charge in [-0.2, -0.15) is 15.0 Å². The second-order valence-corrected chi connectivity index (χ2v) is 8.90. The van der Waals surface area contributed by atoms with E-state index in [0.717, 1.165) is 6.42 Å². The highest BCUT2D eigenvalue weighted by Crippen LogP contribution is 2.32. The normalized spacial score (nSPS) is 18.5. The van der Waals surface area contributed by atoms with E-state index in [2.05, 4.69) is 19.9 Å². The Morgan fingerprint density at radius 2 is 1.92 bits per heavy atom. The molecule has 12 nitrogen and oxygen atoms in total. The maximum absolute atomic E-state index is 14.2. The van der Waals surface area contributed by atoms with Crippen LogP contribution in [0.1, 0.15) is 25.1 Å². The number of aromatic nitrogens is 5. The first-order chi connectivity index (χ1) is 17.9. The second-order valence-electron chi connectivity index (χ2n) is 8.90. The Hall–Kier alpha value is -3.81. The van der Waals surface area contributed by atoms with E-state index in [1.807, 2.05) is 4.90 Å². The molecule has 0 unspecified atom stereocenters. The molecule has 14 heteroatoms. The summed E-state index contributed by atoms with van der Waals surface area (Å²) in [6, 6.07) is 4.81. The van der Waals surface area contributed by atoms with Crippen molar-refractivity contribution in [3.05, 3.63) is 24.0 Å². The minimum Gasteiger partial charge on any atom is -0.494 e. The van der Waals surface area contributed by atoms with Crippen molar-refractivity contribution in [1.82, 2.24) is 29.4 Å². The number of carbonyl (C=O) groups is 1. The number of ether oxygens (including phenoxy) is 2. The van der Waals surface area contributed by atoms with Crippen LogP contribution in [0.2, 0.25) is 0 Å². The number of alkyl halides is 2. The van der Waals surface area contributed by atoms with Gasteiger partial charge in [0.1, 0.15) is 11.3 Å². The lowest BCUT2D eigenvalue weighted by Gasteiger charge is -2.36. The maximum Gasteiger partial charge on any atom is 0.407 e. The Labute approximate surface area is 211 Å². The molecule has 2 aromatic heterocycles. The number of para-hydroxylation sites is 1. The molecule has 4 heterocycles. The molecule has 2 aliphatic heterocycles. The number of halogens is 2. The fraction of sp³-hybridized carbons (Fsp3) is 0.522. The van der Waals surface area contributed by atoms with Gasteiger partial charge in [0, 0.05) is 39.3 Å². The molecule has 0 saturated carbocycles. The first kappa shape index (κ1) is 24.9. The molecule has 0 bridgehead atoms. The van der Waals surface area contributed by atoms with Crippen molar-refractivity contribution in [2.75, 3.05) is 63.4 Å². The van der Waals surface area contributed by atoms with Crippen LogP contribution in [-0.4, -0.2) is 100 Å². The Bertz CT molecular complexity index is 1280. The Morgan fingerprint density at radius 1 is 1.16 bits per heavy atom. The lowest BCUT2D eigenvalue weighted by molar-refractivity contribution is 0.122. The van der Waals surface area contributed by atoms with Crippen molar-refractivity contribution in [1.29, 1.82) is 0 Å². The number of carboxylic acid groups (broad SMARTS) is 1. The first-order valence-corrected chi connectivity index (χ1v) is 12.0. The number of nitrogens with zero attached hydrogens (tertiary/aromatic N) is 8. The third-order valence-corrected chi connectivity index (χ3v) is 6.71. The molecule has 5 rings (SSSR count). The van der Waals surface area contributed by atoms with Crippen LogP contribution < -0.4 is 14.5 Å². The molecule has 2 aliphatic rings. The average Bonchev–Trinajstić information content (AvgIpc) is 3.33. The van der Waals surface area contributed by atoms with Crippen LogP contribution >= 0.6 is 0 Å². The molecule has 1 amide bonds. The smallest absolute Gasteiger partial charge is 0.407 e. The summed E-state index contributed by atoms with van der Waals surface area (Å²) in [4.78, 5) is 34.6. The zero-order chi connectivity index (χ0) is 26.1. The van der Waals surface area contributed by atoms with E-state index in [9.17, 15) is 18.7 Å². The van der Waals surface area contributed by atoms with Crippen LogP contribution in [-0.2, 0) is 4.74 Å². The molecule has 1 aromatic carbocycles. The molecule has 1 N–H and O–H groups in total. The summed E-state index contributed by atoms with van der Waals surface area (Å²) < 4.78 is 40.5. The largest absolute Gasteiger partial charge is 0.494 e. The summed E-state index contributed by atoms with van der Waals surface area (Å²) in [5, 5.41) is 9.47. The number of likely N-dealkylation sites (tertiary alicyclic amines) is 1. The molecule has 3 aromatic rings. The van der Waals surface area contributed by atoms with E-state index in [0.29, 0.717) is 56.5 Å². The molecule has 0 aliphatic carbocycles. The number of morpholine rings is 1. The van der Waals surface area contributed by atoms with Crippen LogP contribution in [0.25, 0.3) is 17.0 Å². The van der Waals surface area contributed by atoms with Crippen LogP contribution in [0, 0.1) is 0 Å². The number of methoxy groups -OCH3 is 1. The van der Waals surface area contributed by atoms with Crippen LogP contribution in [0.5, 0.6) is 5.75 Å². The van der Waals surface area contributed by atoms with Crippen LogP contribution in [0.15, 0.2) is 18.2 Å². The minimum atomic E-state index is -2.90. The summed E-state index contributed by atoms with van der Waals surface area (Å²) in [5.74, 6) is 0.422. The van der Waals surface area contributed by atoms with Gasteiger partial charge in [-0.05, 0) is 25.0 Å². The van der Waals surface area contributed by atoms with Crippen molar-refractivity contribution in [2.24, 2.45) is 0 Å². The lowest BCUT2D eigenvalue weighted by Crippen LogP contribution is -2.49. The summed E-state index contributed by atoms with van der Waals surface area (Å²) in [7, 11) is 3.23. The number of anilines is 2. The summed E-state index contributed by atoms with van der Waals surface area (Å²) in [6.45, 7) is 2.77. The van der Waals surface area contributed by atoms with E-state index >= 15 is 0 Å². The molecular weight excluding hydrogens is 490 g/mol. The van der Waals surface area contributed by atoms with E-state index in [1.165, 1.54) is 16.6 Å². The number of likely N-dealkylation sites (N-methyl/N-ethyl adjacent to an activating group) is 1. The van der Waals surface area contributed by atoms with E-state index in [4.69, 9.17) is 9.47 Å². The molecule has 0 radical (unpaired) electrons. The number of piperidine rings is 1. The molecule has 1 atom stereocenters. The number of fused-ring (bicyclic) bond motifs is 1. The van der Waals surface area contributed by atoms with Gasteiger partial charge in [0.2, 0.25) is 17.8 Å². The summed E-state index contributed by atoms with van der Waals surface area (Å²) >= 11 is 0. The SMILES string of the molecule is COc1cccc2c1nc(C(F)F)n2-c1nc(N2CCOCC2)nc(N(C)[C@H]2CCCN(C(=O)O)C2)n1. The van der Waals surface area contributed by atoms with Crippen molar-refractivity contribution in [2.45, 2.75) is 25.3 Å². The van der Waals surface area contributed by atoms with Crippen LogP contribution in [0.4, 0.5) is 25.5 Å². The van der Waals surface area contributed by atoms with Gasteiger partial charge in [0.15, 0.2) is 5.82 Å². The van der Waals surface area contributed by atoms with Crippen molar-refractivity contribution < 1.29 is 28.2 Å². The quantitative estimate of drug-likeness (QED) is 0.521. The monoisotopic (exact) mass is 518 g/mol. The van der Waals surface area contributed by atoms with Gasteiger partial charge in [0.25, 0.3) is 6.43 Å². The molecular formula is C23H28F2N8O4. The number of benzene rings is 1. The zero-order valence-electron chi connectivity index (χ0n) is 20.5. The number of hydrogen-bond acceptors (Lipinski definition) is 9. The third-order valence-electron chi connectivity index (χ3n) is 6.71. The highest BCUT2D eigenvalue weighted by atomic mass is 19.3. The number of imidazole rings is 1. The topological polar surface area (TPSA) is 122 Å². The van der Waals surface area contributed by atoms with Gasteiger partial charge in [-0.1, -0.05) is 6.07 Å². The predicted molar refractivity (Wildman–Crippen MR) is 130 cm³/mol. The van der Waals surface area contributed by atoms with Gasteiger partial charge in [-0.15, -0.1) is 0 Å². The molecule has 0 spiro atoms.